The van der Waals surface area contributed by atoms with Crippen LogP contribution in [0.25, 0.3) is 6.08 Å². The zero-order chi connectivity index (χ0) is 15.3. The molecule has 1 aromatic rings. The molecule has 20 heavy (non-hydrogen) atoms. The highest BCUT2D eigenvalue weighted by Crippen LogP contribution is 2.13. The number of anilines is 1. The first-order chi connectivity index (χ1) is 9.22. The van der Waals surface area contributed by atoms with Gasteiger partial charge >= 0.3 is 0 Å². The SMILES string of the molecule is CC(O)C(C)(C)NC(=O)/C=C/c1ccc(N(C)C)cc1. The number of hydrogen-bond donors (Lipinski definition) is 2. The maximum absolute atomic E-state index is 11.8. The Morgan fingerprint density at radius 3 is 2.30 bits per heavy atom. The minimum absolute atomic E-state index is 0.215. The Hall–Kier alpha value is -1.81. The molecule has 0 fully saturated rings. The van der Waals surface area contributed by atoms with Gasteiger partial charge in [-0.2, -0.15) is 0 Å². The molecule has 2 N–H and O–H groups in total. The van der Waals surface area contributed by atoms with Gasteiger partial charge in [-0.25, -0.2) is 0 Å². The monoisotopic (exact) mass is 276 g/mol. The quantitative estimate of drug-likeness (QED) is 0.809. The van der Waals surface area contributed by atoms with Gasteiger partial charge in [-0.15, -0.1) is 0 Å². The van der Waals surface area contributed by atoms with Gasteiger partial charge < -0.3 is 15.3 Å². The minimum Gasteiger partial charge on any atom is -0.391 e. The van der Waals surface area contributed by atoms with Crippen LogP contribution in [0.3, 0.4) is 0 Å². The zero-order valence-corrected chi connectivity index (χ0v) is 12.8. The molecule has 4 heteroatoms. The van der Waals surface area contributed by atoms with E-state index in [1.54, 1.807) is 26.8 Å². The summed E-state index contributed by atoms with van der Waals surface area (Å²) in [6, 6.07) is 7.91. The number of aliphatic hydroxyl groups excluding tert-OH is 1. The van der Waals surface area contributed by atoms with Gasteiger partial charge in [0.15, 0.2) is 0 Å². The molecule has 0 bridgehead atoms. The Balaban J connectivity index is 2.66. The van der Waals surface area contributed by atoms with Crippen molar-refractivity contribution in [2.45, 2.75) is 32.4 Å². The topological polar surface area (TPSA) is 52.6 Å². The standard InChI is InChI=1S/C16H24N2O2/c1-12(19)16(2,3)17-15(20)11-8-13-6-9-14(10-7-13)18(4)5/h6-12,19H,1-5H3,(H,17,20)/b11-8+. The molecule has 0 aliphatic rings. The first kappa shape index (κ1) is 16.2. The van der Waals surface area contributed by atoms with Gasteiger partial charge in [0.25, 0.3) is 0 Å². The van der Waals surface area contributed by atoms with E-state index in [-0.39, 0.29) is 5.91 Å². The van der Waals surface area contributed by atoms with Gasteiger partial charge in [-0.3, -0.25) is 4.79 Å². The summed E-state index contributed by atoms with van der Waals surface area (Å²) in [5.74, 6) is -0.215. The number of benzene rings is 1. The van der Waals surface area contributed by atoms with Crippen LogP contribution in [0.4, 0.5) is 5.69 Å². The molecule has 1 amide bonds. The lowest BCUT2D eigenvalue weighted by Crippen LogP contribution is -2.50. The molecule has 0 saturated carbocycles. The lowest BCUT2D eigenvalue weighted by molar-refractivity contribution is -0.119. The molecule has 0 spiro atoms. The number of nitrogens with one attached hydrogen (secondary N) is 1. The molecule has 0 heterocycles. The highest BCUT2D eigenvalue weighted by Gasteiger charge is 2.24. The molecule has 0 radical (unpaired) electrons. The second-order valence-electron chi connectivity index (χ2n) is 5.71. The molecule has 1 rings (SSSR count). The second kappa shape index (κ2) is 6.57. The summed E-state index contributed by atoms with van der Waals surface area (Å²) in [5, 5.41) is 12.3. The van der Waals surface area contributed by atoms with E-state index in [0.717, 1.165) is 11.3 Å². The largest absolute Gasteiger partial charge is 0.391 e. The summed E-state index contributed by atoms with van der Waals surface area (Å²) in [5.41, 5.74) is 1.43. The summed E-state index contributed by atoms with van der Waals surface area (Å²) in [4.78, 5) is 13.8. The van der Waals surface area contributed by atoms with E-state index in [4.69, 9.17) is 0 Å². The van der Waals surface area contributed by atoms with Crippen molar-refractivity contribution in [1.29, 1.82) is 0 Å². The van der Waals surface area contributed by atoms with E-state index < -0.39 is 11.6 Å². The lowest BCUT2D eigenvalue weighted by atomic mass is 9.99. The average Bonchev–Trinajstić information content (AvgIpc) is 2.36. The van der Waals surface area contributed by atoms with Gasteiger partial charge in [0.05, 0.1) is 11.6 Å². The molecule has 0 aliphatic heterocycles. The van der Waals surface area contributed by atoms with Crippen molar-refractivity contribution in [3.63, 3.8) is 0 Å². The second-order valence-corrected chi connectivity index (χ2v) is 5.71. The molecule has 4 nitrogen and oxygen atoms in total. The number of carbonyl (C=O) groups excluding carboxylic acids is 1. The molecule has 1 atom stereocenters. The Labute approximate surface area is 121 Å². The first-order valence-electron chi connectivity index (χ1n) is 6.68. The maximum atomic E-state index is 11.8. The first-order valence-corrected chi connectivity index (χ1v) is 6.68. The Morgan fingerprint density at radius 1 is 1.30 bits per heavy atom. The third-order valence-electron chi connectivity index (χ3n) is 3.33. The molecule has 1 aromatic carbocycles. The molecule has 1 unspecified atom stereocenters. The molecular formula is C16H24N2O2. The number of amides is 1. The molecule has 0 saturated heterocycles. The number of aliphatic hydroxyl groups is 1. The van der Waals surface area contributed by atoms with Crippen LogP contribution in [0.5, 0.6) is 0 Å². The fourth-order valence-corrected chi connectivity index (χ4v) is 1.52. The van der Waals surface area contributed by atoms with Crippen LogP contribution in [0.15, 0.2) is 30.3 Å². The van der Waals surface area contributed by atoms with E-state index in [9.17, 15) is 9.90 Å². The van der Waals surface area contributed by atoms with Gasteiger partial charge in [0.2, 0.25) is 5.91 Å². The van der Waals surface area contributed by atoms with E-state index in [1.807, 2.05) is 43.3 Å². The van der Waals surface area contributed by atoms with Crippen molar-refractivity contribution >= 4 is 17.7 Å². The van der Waals surface area contributed by atoms with E-state index >= 15 is 0 Å². The van der Waals surface area contributed by atoms with Crippen molar-refractivity contribution < 1.29 is 9.90 Å². The number of rotatable bonds is 5. The van der Waals surface area contributed by atoms with Crippen LogP contribution < -0.4 is 10.2 Å². The third kappa shape index (κ3) is 4.70. The van der Waals surface area contributed by atoms with Crippen LogP contribution in [0, 0.1) is 0 Å². The normalized spacial score (nSPS) is 13.3. The predicted octanol–water partition coefficient (Wildman–Crippen LogP) is 2.04. The van der Waals surface area contributed by atoms with Crippen LogP contribution in [0.2, 0.25) is 0 Å². The Morgan fingerprint density at radius 2 is 1.85 bits per heavy atom. The summed E-state index contributed by atoms with van der Waals surface area (Å²) >= 11 is 0. The van der Waals surface area contributed by atoms with Gasteiger partial charge in [0.1, 0.15) is 0 Å². The maximum Gasteiger partial charge on any atom is 0.244 e. The van der Waals surface area contributed by atoms with Gasteiger partial charge in [-0.1, -0.05) is 12.1 Å². The third-order valence-corrected chi connectivity index (χ3v) is 3.33. The molecular weight excluding hydrogens is 252 g/mol. The van der Waals surface area contributed by atoms with Gasteiger partial charge in [-0.05, 0) is 44.5 Å². The summed E-state index contributed by atoms with van der Waals surface area (Å²) in [7, 11) is 3.97. The zero-order valence-electron chi connectivity index (χ0n) is 12.8. The van der Waals surface area contributed by atoms with Crippen LogP contribution in [-0.2, 0) is 4.79 Å². The van der Waals surface area contributed by atoms with E-state index in [0.29, 0.717) is 0 Å². The highest BCUT2D eigenvalue weighted by atomic mass is 16.3. The smallest absolute Gasteiger partial charge is 0.244 e. The van der Waals surface area contributed by atoms with Crippen molar-refractivity contribution in [3.05, 3.63) is 35.9 Å². The van der Waals surface area contributed by atoms with Crippen molar-refractivity contribution in [2.75, 3.05) is 19.0 Å². The number of carbonyl (C=O) groups is 1. The van der Waals surface area contributed by atoms with E-state index in [1.165, 1.54) is 6.08 Å². The lowest BCUT2D eigenvalue weighted by Gasteiger charge is -2.28. The van der Waals surface area contributed by atoms with Crippen molar-refractivity contribution in [1.82, 2.24) is 5.32 Å². The highest BCUT2D eigenvalue weighted by molar-refractivity contribution is 5.92. The molecule has 0 aliphatic carbocycles. The average molecular weight is 276 g/mol. The van der Waals surface area contributed by atoms with E-state index in [2.05, 4.69) is 5.32 Å². The number of nitrogens with zero attached hydrogens (tertiary/aromatic N) is 1. The predicted molar refractivity (Wildman–Crippen MR) is 83.7 cm³/mol. The fourth-order valence-electron chi connectivity index (χ4n) is 1.52. The Kier molecular flexibility index (Phi) is 5.34. The summed E-state index contributed by atoms with van der Waals surface area (Å²) in [6.07, 6.45) is 2.63. The molecule has 0 aromatic heterocycles. The summed E-state index contributed by atoms with van der Waals surface area (Å²) < 4.78 is 0. The van der Waals surface area contributed by atoms with Crippen molar-refractivity contribution in [3.8, 4) is 0 Å². The summed E-state index contributed by atoms with van der Waals surface area (Å²) in [6.45, 7) is 5.23. The van der Waals surface area contributed by atoms with Crippen LogP contribution in [0.1, 0.15) is 26.3 Å². The molecule has 110 valence electrons. The number of hydrogen-bond acceptors (Lipinski definition) is 3. The van der Waals surface area contributed by atoms with Gasteiger partial charge in [0, 0.05) is 25.9 Å². The fraction of sp³-hybridized carbons (Fsp3) is 0.438. The minimum atomic E-state index is -0.643. The van der Waals surface area contributed by atoms with Crippen LogP contribution >= 0.6 is 0 Å². The van der Waals surface area contributed by atoms with Crippen molar-refractivity contribution in [2.24, 2.45) is 0 Å². The Bertz CT molecular complexity index is 474. The van der Waals surface area contributed by atoms with Crippen LogP contribution in [-0.4, -0.2) is 36.8 Å².